The summed E-state index contributed by atoms with van der Waals surface area (Å²) in [5, 5.41) is 23.9. The number of rotatable bonds is 9. The van der Waals surface area contributed by atoms with Gasteiger partial charge in [-0.1, -0.05) is 42.8 Å². The van der Waals surface area contributed by atoms with Gasteiger partial charge in [0.05, 0.1) is 17.1 Å². The maximum atomic E-state index is 14.8. The number of nitriles is 1. The highest BCUT2D eigenvalue weighted by Crippen LogP contribution is 2.35. The van der Waals surface area contributed by atoms with Gasteiger partial charge >= 0.3 is 12.1 Å². The van der Waals surface area contributed by atoms with Crippen molar-refractivity contribution in [1.82, 2.24) is 10.3 Å². The van der Waals surface area contributed by atoms with E-state index in [2.05, 4.69) is 10.3 Å². The minimum absolute atomic E-state index is 0.295. The Bertz CT molecular complexity index is 1730. The number of carbonyl (C=O) groups excluding carboxylic acids is 1. The molecule has 0 saturated heterocycles. The van der Waals surface area contributed by atoms with Gasteiger partial charge in [0.1, 0.15) is 29.3 Å². The zero-order chi connectivity index (χ0) is 31.5. The fraction of sp³-hybridized carbons (Fsp3) is 0.200. The summed E-state index contributed by atoms with van der Waals surface area (Å²) in [6.07, 6.45) is -3.89. The number of nitrogens with zero attached hydrogens (tertiary/aromatic N) is 2. The van der Waals surface area contributed by atoms with E-state index >= 15 is 0 Å². The zero-order valence-corrected chi connectivity index (χ0v) is 23.0. The molecule has 0 fully saturated rings. The molecule has 2 atom stereocenters. The number of pyridine rings is 1. The average Bonchev–Trinajstić information content (AvgIpc) is 2.94. The molecule has 3 aromatic carbocycles. The van der Waals surface area contributed by atoms with E-state index in [1.807, 2.05) is 11.4 Å². The largest absolute Gasteiger partial charge is 0.480 e. The van der Waals surface area contributed by atoms with E-state index in [-0.39, 0.29) is 6.42 Å². The van der Waals surface area contributed by atoms with Crippen LogP contribution in [-0.4, -0.2) is 40.2 Å². The summed E-state index contributed by atoms with van der Waals surface area (Å²) < 4.78 is 68.8. The first-order chi connectivity index (χ1) is 20.3. The van der Waals surface area contributed by atoms with E-state index in [4.69, 9.17) is 16.9 Å². The molecule has 2 unspecified atom stereocenters. The summed E-state index contributed by atoms with van der Waals surface area (Å²) in [6, 6.07) is 10.6. The predicted octanol–water partition coefficient (Wildman–Crippen LogP) is 6.88. The summed E-state index contributed by atoms with van der Waals surface area (Å²) in [4.78, 5) is 29.3. The average molecular weight is 617 g/mol. The van der Waals surface area contributed by atoms with Crippen LogP contribution in [0.3, 0.4) is 0 Å². The number of halogens is 6. The van der Waals surface area contributed by atoms with Gasteiger partial charge in [0.25, 0.3) is 5.91 Å². The molecule has 7 nitrogen and oxygen atoms in total. The molecule has 1 aromatic heterocycles. The second-order valence-corrected chi connectivity index (χ2v) is 9.92. The standard InChI is InChI=1S/C30H22ClF5N4O3/c1-2-25(30(34,35)36)39-17-12-22(32)26(23(33)13-17)28(41)40-24(29(42)43)11-16-6-8-20(27-18(16)4-3-9-38-27)19-7-5-15(14-37)10-21(19)31/h3-10,12-13,24-25,39H,2,11H2,1H3,(H,40,41)(H,42,43). The van der Waals surface area contributed by atoms with Gasteiger partial charge in [-0.2, -0.15) is 18.4 Å². The highest BCUT2D eigenvalue weighted by atomic mass is 35.5. The van der Waals surface area contributed by atoms with Crippen LogP contribution in [0, 0.1) is 23.0 Å². The quantitative estimate of drug-likeness (QED) is 0.177. The minimum Gasteiger partial charge on any atom is -0.480 e. The van der Waals surface area contributed by atoms with E-state index in [9.17, 15) is 36.6 Å². The molecule has 4 aromatic rings. The van der Waals surface area contributed by atoms with Crippen LogP contribution in [0.1, 0.15) is 34.8 Å². The van der Waals surface area contributed by atoms with E-state index in [1.165, 1.54) is 19.2 Å². The molecule has 0 saturated carbocycles. The Kier molecular flexibility index (Phi) is 9.16. The fourth-order valence-electron chi connectivity index (χ4n) is 4.57. The van der Waals surface area contributed by atoms with Crippen molar-refractivity contribution in [1.29, 1.82) is 5.26 Å². The summed E-state index contributed by atoms with van der Waals surface area (Å²) in [6.45, 7) is 1.24. The van der Waals surface area contributed by atoms with Gasteiger partial charge in [0, 0.05) is 39.8 Å². The van der Waals surface area contributed by atoms with Gasteiger partial charge in [0.2, 0.25) is 0 Å². The Morgan fingerprint density at radius 3 is 2.33 bits per heavy atom. The van der Waals surface area contributed by atoms with E-state index in [0.29, 0.717) is 50.3 Å². The number of aromatic nitrogens is 1. The molecule has 0 aliphatic heterocycles. The number of alkyl halides is 3. The number of nitrogens with one attached hydrogen (secondary N) is 2. The van der Waals surface area contributed by atoms with Gasteiger partial charge in [0.15, 0.2) is 0 Å². The lowest BCUT2D eigenvalue weighted by Gasteiger charge is -2.22. The highest BCUT2D eigenvalue weighted by molar-refractivity contribution is 6.33. The van der Waals surface area contributed by atoms with Crippen molar-refractivity contribution in [3.05, 3.63) is 94.1 Å². The Labute approximate surface area is 246 Å². The third-order valence-electron chi connectivity index (χ3n) is 6.69. The summed E-state index contributed by atoms with van der Waals surface area (Å²) in [5.41, 5.74) is 0.727. The summed E-state index contributed by atoms with van der Waals surface area (Å²) >= 11 is 6.39. The zero-order valence-electron chi connectivity index (χ0n) is 22.3. The lowest BCUT2D eigenvalue weighted by atomic mass is 9.94. The number of benzene rings is 3. The van der Waals surface area contributed by atoms with Crippen LogP contribution < -0.4 is 10.6 Å². The third-order valence-corrected chi connectivity index (χ3v) is 7.00. The first-order valence-electron chi connectivity index (χ1n) is 12.8. The van der Waals surface area contributed by atoms with E-state index in [1.54, 1.807) is 36.4 Å². The van der Waals surface area contributed by atoms with Gasteiger partial charge in [-0.05, 0) is 42.3 Å². The molecule has 0 bridgehead atoms. The molecule has 222 valence electrons. The smallest absolute Gasteiger partial charge is 0.408 e. The normalized spacial score (nSPS) is 12.8. The van der Waals surface area contributed by atoms with Crippen molar-refractivity contribution < 1.29 is 36.6 Å². The molecule has 1 heterocycles. The topological polar surface area (TPSA) is 115 Å². The second-order valence-electron chi connectivity index (χ2n) is 9.51. The fourth-order valence-corrected chi connectivity index (χ4v) is 4.85. The van der Waals surface area contributed by atoms with Crippen molar-refractivity contribution in [3.8, 4) is 17.2 Å². The van der Waals surface area contributed by atoms with Crippen LogP contribution >= 0.6 is 11.6 Å². The summed E-state index contributed by atoms with van der Waals surface area (Å²) in [5.74, 6) is -5.85. The van der Waals surface area contributed by atoms with Crippen molar-refractivity contribution in [3.63, 3.8) is 0 Å². The second kappa shape index (κ2) is 12.6. The number of aliphatic carboxylic acids is 1. The van der Waals surface area contributed by atoms with Crippen molar-refractivity contribution in [2.45, 2.75) is 38.0 Å². The highest BCUT2D eigenvalue weighted by Gasteiger charge is 2.38. The predicted molar refractivity (Wildman–Crippen MR) is 150 cm³/mol. The van der Waals surface area contributed by atoms with Crippen LogP contribution in [0.25, 0.3) is 22.0 Å². The van der Waals surface area contributed by atoms with Crippen LogP contribution in [-0.2, 0) is 11.2 Å². The molecular formula is C30H22ClF5N4O3. The molecule has 13 heteroatoms. The van der Waals surface area contributed by atoms with Crippen molar-refractivity contribution in [2.24, 2.45) is 0 Å². The number of amides is 1. The Hall–Kier alpha value is -4.76. The SMILES string of the molecule is CCC(Nc1cc(F)c(C(=O)NC(Cc2ccc(-c3ccc(C#N)cc3Cl)c3ncccc23)C(=O)O)c(F)c1)C(F)(F)F. The van der Waals surface area contributed by atoms with Gasteiger partial charge < -0.3 is 15.7 Å². The molecule has 43 heavy (non-hydrogen) atoms. The number of hydrogen-bond donors (Lipinski definition) is 3. The Morgan fingerprint density at radius 2 is 1.74 bits per heavy atom. The molecule has 4 rings (SSSR count). The van der Waals surface area contributed by atoms with Crippen LogP contribution in [0.5, 0.6) is 0 Å². The number of carboxylic acid groups (broad SMARTS) is 1. The lowest BCUT2D eigenvalue weighted by Crippen LogP contribution is -2.43. The maximum Gasteiger partial charge on any atom is 0.408 e. The molecular weight excluding hydrogens is 595 g/mol. The molecule has 0 aliphatic rings. The minimum atomic E-state index is -4.68. The molecule has 3 N–H and O–H groups in total. The number of carboxylic acids is 1. The maximum absolute atomic E-state index is 14.8. The Morgan fingerprint density at radius 1 is 1.07 bits per heavy atom. The first-order valence-corrected chi connectivity index (χ1v) is 13.1. The van der Waals surface area contributed by atoms with E-state index < -0.39 is 59.4 Å². The van der Waals surface area contributed by atoms with Gasteiger partial charge in [-0.15, -0.1) is 0 Å². The van der Waals surface area contributed by atoms with Crippen LogP contribution in [0.4, 0.5) is 27.6 Å². The van der Waals surface area contributed by atoms with E-state index in [0.717, 1.165) is 0 Å². The molecule has 0 radical (unpaired) electrons. The van der Waals surface area contributed by atoms with Crippen molar-refractivity contribution in [2.75, 3.05) is 5.32 Å². The first kappa shape index (κ1) is 31.2. The molecule has 0 spiro atoms. The monoisotopic (exact) mass is 616 g/mol. The van der Waals surface area contributed by atoms with Gasteiger partial charge in [-0.3, -0.25) is 9.78 Å². The molecule has 1 amide bonds. The number of hydrogen-bond acceptors (Lipinski definition) is 5. The number of fused-ring (bicyclic) bond motifs is 1. The van der Waals surface area contributed by atoms with Crippen LogP contribution in [0.2, 0.25) is 5.02 Å². The lowest BCUT2D eigenvalue weighted by molar-refractivity contribution is -0.143. The van der Waals surface area contributed by atoms with Gasteiger partial charge in [-0.25, -0.2) is 13.6 Å². The summed E-state index contributed by atoms with van der Waals surface area (Å²) in [7, 11) is 0. The Balaban J connectivity index is 1.62. The molecule has 0 aliphatic carbocycles. The van der Waals surface area contributed by atoms with Crippen LogP contribution in [0.15, 0.2) is 60.8 Å². The van der Waals surface area contributed by atoms with Crippen molar-refractivity contribution >= 4 is 40.1 Å². The number of carbonyl (C=O) groups is 2. The number of anilines is 1. The third kappa shape index (κ3) is 6.84.